The molecule has 0 aromatic heterocycles. The van der Waals surface area contributed by atoms with Gasteiger partial charge >= 0.3 is 0 Å². The Hall–Kier alpha value is -3.24. The van der Waals surface area contributed by atoms with Gasteiger partial charge in [0.25, 0.3) is 0 Å². The minimum Gasteiger partial charge on any atom is -0.493 e. The van der Waals surface area contributed by atoms with E-state index in [1.54, 1.807) is 14.2 Å². The molecule has 2 aliphatic heterocycles. The second-order valence-corrected chi connectivity index (χ2v) is 9.16. The van der Waals surface area contributed by atoms with Crippen molar-refractivity contribution in [1.82, 2.24) is 4.90 Å². The maximum absolute atomic E-state index is 6.20. The Morgan fingerprint density at radius 2 is 1.58 bits per heavy atom. The number of hydrogen-bond donors (Lipinski definition) is 0. The predicted octanol–water partition coefficient (Wildman–Crippen LogP) is 6.11. The van der Waals surface area contributed by atoms with E-state index < -0.39 is 0 Å². The van der Waals surface area contributed by atoms with E-state index in [2.05, 4.69) is 47.4 Å². The van der Waals surface area contributed by atoms with Gasteiger partial charge in [-0.05, 0) is 88.3 Å². The van der Waals surface area contributed by atoms with E-state index in [0.717, 1.165) is 30.2 Å². The molecule has 0 spiro atoms. The highest BCUT2D eigenvalue weighted by Gasteiger charge is 2.32. The summed E-state index contributed by atoms with van der Waals surface area (Å²) in [6.45, 7) is 2.76. The van der Waals surface area contributed by atoms with E-state index in [0.29, 0.717) is 12.6 Å². The topological polar surface area (TPSA) is 30.9 Å². The summed E-state index contributed by atoms with van der Waals surface area (Å²) in [4.78, 5) is 2.65. The molecular formula is C29H29NO3. The molecule has 0 amide bonds. The molecule has 0 saturated carbocycles. The molecule has 0 unspecified atom stereocenters. The summed E-state index contributed by atoms with van der Waals surface area (Å²) >= 11 is 0. The molecule has 4 heteroatoms. The monoisotopic (exact) mass is 439 g/mol. The number of methoxy groups -OCH3 is 2. The molecule has 2 heterocycles. The van der Waals surface area contributed by atoms with Crippen molar-refractivity contribution in [1.29, 1.82) is 0 Å². The molecule has 1 saturated heterocycles. The highest BCUT2D eigenvalue weighted by molar-refractivity contribution is 6.12. The van der Waals surface area contributed by atoms with Crippen LogP contribution < -0.4 is 14.2 Å². The van der Waals surface area contributed by atoms with Crippen LogP contribution in [0, 0.1) is 0 Å². The third kappa shape index (κ3) is 3.50. The van der Waals surface area contributed by atoms with Crippen LogP contribution in [0.15, 0.2) is 60.7 Å². The normalized spacial score (nSPS) is 17.7. The quantitative estimate of drug-likeness (QED) is 0.351. The summed E-state index contributed by atoms with van der Waals surface area (Å²) in [5, 5.41) is 5.02. The molecule has 0 aliphatic carbocycles. The lowest BCUT2D eigenvalue weighted by atomic mass is 9.85. The summed E-state index contributed by atoms with van der Waals surface area (Å²) in [5.74, 6) is 2.43. The third-order valence-corrected chi connectivity index (χ3v) is 7.37. The SMILES string of the molecule is COc1cc2c3c(c4ccc(OCc5ccccc5)cc4c2cc1OC)C[C@@H]1CCCN1C3. The van der Waals surface area contributed by atoms with Crippen molar-refractivity contribution >= 4 is 21.5 Å². The van der Waals surface area contributed by atoms with E-state index >= 15 is 0 Å². The average Bonchev–Trinajstić information content (AvgIpc) is 3.34. The lowest BCUT2D eigenvalue weighted by Crippen LogP contribution is -2.35. The van der Waals surface area contributed by atoms with Gasteiger partial charge in [0, 0.05) is 12.6 Å². The molecule has 4 aromatic carbocycles. The zero-order valence-electron chi connectivity index (χ0n) is 19.3. The van der Waals surface area contributed by atoms with E-state index in [9.17, 15) is 0 Å². The van der Waals surface area contributed by atoms with Crippen molar-refractivity contribution in [2.75, 3.05) is 20.8 Å². The fraction of sp³-hybridized carbons (Fsp3) is 0.310. The van der Waals surface area contributed by atoms with Crippen LogP contribution in [-0.2, 0) is 19.6 Å². The van der Waals surface area contributed by atoms with Crippen molar-refractivity contribution in [2.24, 2.45) is 0 Å². The summed E-state index contributed by atoms with van der Waals surface area (Å²) in [6, 6.07) is 21.9. The van der Waals surface area contributed by atoms with E-state index in [1.165, 1.54) is 57.6 Å². The van der Waals surface area contributed by atoms with Gasteiger partial charge in [0.15, 0.2) is 11.5 Å². The Balaban J connectivity index is 1.53. The number of rotatable bonds is 5. The number of nitrogens with zero attached hydrogens (tertiary/aromatic N) is 1. The van der Waals surface area contributed by atoms with Crippen molar-refractivity contribution < 1.29 is 14.2 Å². The second-order valence-electron chi connectivity index (χ2n) is 9.16. The summed E-state index contributed by atoms with van der Waals surface area (Å²) in [6.07, 6.45) is 3.70. The van der Waals surface area contributed by atoms with Crippen molar-refractivity contribution in [2.45, 2.75) is 38.5 Å². The number of fused-ring (bicyclic) bond motifs is 7. The van der Waals surface area contributed by atoms with Gasteiger partial charge in [0.05, 0.1) is 14.2 Å². The number of hydrogen-bond acceptors (Lipinski definition) is 4. The van der Waals surface area contributed by atoms with E-state index in [-0.39, 0.29) is 0 Å². The van der Waals surface area contributed by atoms with Crippen LogP contribution in [0.3, 0.4) is 0 Å². The van der Waals surface area contributed by atoms with Crippen LogP contribution >= 0.6 is 0 Å². The Morgan fingerprint density at radius 1 is 0.818 bits per heavy atom. The Kier molecular flexibility index (Phi) is 5.11. The van der Waals surface area contributed by atoms with E-state index in [4.69, 9.17) is 14.2 Å². The zero-order valence-corrected chi connectivity index (χ0v) is 19.3. The van der Waals surface area contributed by atoms with Gasteiger partial charge in [-0.3, -0.25) is 4.90 Å². The first-order valence-electron chi connectivity index (χ1n) is 11.8. The fourth-order valence-corrected chi connectivity index (χ4v) is 5.70. The van der Waals surface area contributed by atoms with Crippen molar-refractivity contribution in [3.8, 4) is 17.2 Å². The Labute approximate surface area is 194 Å². The minimum atomic E-state index is 0.559. The largest absolute Gasteiger partial charge is 0.493 e. The van der Waals surface area contributed by atoms with Gasteiger partial charge in [-0.15, -0.1) is 0 Å². The molecule has 1 fully saturated rings. The zero-order chi connectivity index (χ0) is 22.4. The van der Waals surface area contributed by atoms with Gasteiger partial charge < -0.3 is 14.2 Å². The summed E-state index contributed by atoms with van der Waals surface area (Å²) in [5.41, 5.74) is 4.10. The van der Waals surface area contributed by atoms with E-state index in [1.807, 2.05) is 18.2 Å². The molecule has 4 nitrogen and oxygen atoms in total. The number of ether oxygens (including phenoxy) is 3. The van der Waals surface area contributed by atoms with Gasteiger partial charge in [-0.2, -0.15) is 0 Å². The van der Waals surface area contributed by atoms with Gasteiger partial charge in [-0.1, -0.05) is 36.4 Å². The molecule has 1 atom stereocenters. The van der Waals surface area contributed by atoms with Gasteiger partial charge in [0.1, 0.15) is 12.4 Å². The van der Waals surface area contributed by atoms with Crippen LogP contribution in [0.2, 0.25) is 0 Å². The average molecular weight is 440 g/mol. The van der Waals surface area contributed by atoms with Crippen molar-refractivity contribution in [3.05, 3.63) is 77.4 Å². The first kappa shape index (κ1) is 20.4. The van der Waals surface area contributed by atoms with Crippen LogP contribution in [0.5, 0.6) is 17.2 Å². The molecule has 0 bridgehead atoms. The Morgan fingerprint density at radius 3 is 2.36 bits per heavy atom. The summed E-state index contributed by atoms with van der Waals surface area (Å²) < 4.78 is 17.6. The Bertz CT molecular complexity index is 1330. The standard InChI is InChI=1S/C29H29NO3/c1-31-28-15-25-24-14-21(33-18-19-7-4-3-5-8-19)10-11-22(24)23-13-20-9-6-12-30(20)17-27(23)26(25)16-29(28)32-2/h3-5,7-8,10-11,14-16,20H,6,9,12-13,17-18H2,1-2H3/t20-/m0/s1. The van der Waals surface area contributed by atoms with Crippen LogP contribution in [0.1, 0.15) is 29.5 Å². The fourth-order valence-electron chi connectivity index (χ4n) is 5.70. The molecule has 4 aromatic rings. The summed E-state index contributed by atoms with van der Waals surface area (Å²) in [7, 11) is 3.41. The molecule has 0 radical (unpaired) electrons. The van der Waals surface area contributed by atoms with Crippen molar-refractivity contribution in [3.63, 3.8) is 0 Å². The lowest BCUT2D eigenvalue weighted by molar-refractivity contribution is 0.229. The molecule has 168 valence electrons. The minimum absolute atomic E-state index is 0.559. The molecule has 6 rings (SSSR count). The molecular weight excluding hydrogens is 410 g/mol. The first-order chi connectivity index (χ1) is 16.2. The highest BCUT2D eigenvalue weighted by atomic mass is 16.5. The molecule has 0 N–H and O–H groups in total. The van der Waals surface area contributed by atoms with Gasteiger partial charge in [0.2, 0.25) is 0 Å². The smallest absolute Gasteiger partial charge is 0.161 e. The molecule has 33 heavy (non-hydrogen) atoms. The number of benzene rings is 4. The lowest BCUT2D eigenvalue weighted by Gasteiger charge is -2.33. The first-order valence-corrected chi connectivity index (χ1v) is 11.8. The highest BCUT2D eigenvalue weighted by Crippen LogP contribution is 2.44. The van der Waals surface area contributed by atoms with Crippen LogP contribution in [0.25, 0.3) is 21.5 Å². The maximum Gasteiger partial charge on any atom is 0.161 e. The maximum atomic E-state index is 6.20. The third-order valence-electron chi connectivity index (χ3n) is 7.37. The molecule has 2 aliphatic rings. The van der Waals surface area contributed by atoms with Crippen LogP contribution in [-0.4, -0.2) is 31.7 Å². The van der Waals surface area contributed by atoms with Crippen LogP contribution in [0.4, 0.5) is 0 Å². The van der Waals surface area contributed by atoms with Gasteiger partial charge in [-0.25, -0.2) is 0 Å². The predicted molar refractivity (Wildman–Crippen MR) is 132 cm³/mol. The second kappa shape index (κ2) is 8.27.